The molecule has 0 heterocycles. The van der Waals surface area contributed by atoms with Gasteiger partial charge >= 0.3 is 0 Å². The van der Waals surface area contributed by atoms with E-state index in [1.54, 1.807) is 0 Å². The smallest absolute Gasteiger partial charge is 0.233 e. The SMILES string of the molecule is CCCCNC(=O)CNC1CCC(C(N)=O)CC1. The summed E-state index contributed by atoms with van der Waals surface area (Å²) in [6, 6.07) is 0.345. The van der Waals surface area contributed by atoms with Gasteiger partial charge in [0.1, 0.15) is 0 Å². The van der Waals surface area contributed by atoms with Crippen molar-refractivity contribution in [2.45, 2.75) is 51.5 Å². The molecule has 0 unspecified atom stereocenters. The van der Waals surface area contributed by atoms with Crippen molar-refractivity contribution in [3.8, 4) is 0 Å². The molecule has 0 aliphatic heterocycles. The van der Waals surface area contributed by atoms with Gasteiger partial charge in [-0.05, 0) is 32.1 Å². The second-order valence-corrected chi connectivity index (χ2v) is 5.04. The van der Waals surface area contributed by atoms with E-state index in [1.807, 2.05) is 0 Å². The van der Waals surface area contributed by atoms with E-state index >= 15 is 0 Å². The number of rotatable bonds is 7. The Bertz CT molecular complexity index is 273. The summed E-state index contributed by atoms with van der Waals surface area (Å²) in [5.74, 6) is -0.104. The summed E-state index contributed by atoms with van der Waals surface area (Å²) in [6.07, 6.45) is 5.64. The molecule has 0 atom stereocenters. The summed E-state index contributed by atoms with van der Waals surface area (Å²) in [7, 11) is 0. The maximum Gasteiger partial charge on any atom is 0.233 e. The third kappa shape index (κ3) is 5.49. The van der Waals surface area contributed by atoms with Crippen LogP contribution >= 0.6 is 0 Å². The summed E-state index contributed by atoms with van der Waals surface area (Å²) in [6.45, 7) is 3.22. The molecular weight excluding hydrogens is 230 g/mol. The first-order chi connectivity index (χ1) is 8.63. The van der Waals surface area contributed by atoms with Crippen LogP contribution in [0.2, 0.25) is 0 Å². The molecule has 1 aliphatic carbocycles. The summed E-state index contributed by atoms with van der Waals surface area (Å²) < 4.78 is 0. The molecule has 0 aromatic rings. The van der Waals surface area contributed by atoms with Gasteiger partial charge in [-0.1, -0.05) is 13.3 Å². The van der Waals surface area contributed by atoms with Gasteiger partial charge in [0.15, 0.2) is 0 Å². The molecule has 1 aliphatic rings. The average Bonchev–Trinajstić information content (AvgIpc) is 2.37. The van der Waals surface area contributed by atoms with E-state index in [2.05, 4.69) is 17.6 Å². The molecule has 0 spiro atoms. The molecule has 18 heavy (non-hydrogen) atoms. The number of primary amides is 1. The molecule has 104 valence electrons. The zero-order chi connectivity index (χ0) is 13.4. The standard InChI is InChI=1S/C13H25N3O2/c1-2-3-8-15-12(17)9-16-11-6-4-10(5-7-11)13(14)18/h10-11,16H,2-9H2,1H3,(H2,14,18)(H,15,17). The van der Waals surface area contributed by atoms with Gasteiger partial charge in [0.05, 0.1) is 6.54 Å². The average molecular weight is 255 g/mol. The van der Waals surface area contributed by atoms with Crippen molar-refractivity contribution in [3.63, 3.8) is 0 Å². The van der Waals surface area contributed by atoms with Crippen molar-refractivity contribution in [1.82, 2.24) is 10.6 Å². The molecule has 1 fully saturated rings. The van der Waals surface area contributed by atoms with Crippen LogP contribution in [0, 0.1) is 5.92 Å². The van der Waals surface area contributed by atoms with Crippen molar-refractivity contribution in [1.29, 1.82) is 0 Å². The normalized spacial score (nSPS) is 23.6. The fraction of sp³-hybridized carbons (Fsp3) is 0.846. The lowest BCUT2D eigenvalue weighted by molar-refractivity contribution is -0.123. The molecule has 4 N–H and O–H groups in total. The number of carbonyl (C=O) groups is 2. The minimum atomic E-state index is -0.189. The zero-order valence-electron chi connectivity index (χ0n) is 11.2. The quantitative estimate of drug-likeness (QED) is 0.580. The third-order valence-corrected chi connectivity index (χ3v) is 3.53. The second-order valence-electron chi connectivity index (χ2n) is 5.04. The van der Waals surface area contributed by atoms with Crippen LogP contribution in [0.15, 0.2) is 0 Å². The van der Waals surface area contributed by atoms with Gasteiger partial charge in [-0.15, -0.1) is 0 Å². The van der Waals surface area contributed by atoms with Crippen LogP contribution in [-0.2, 0) is 9.59 Å². The van der Waals surface area contributed by atoms with Gasteiger partial charge in [-0.25, -0.2) is 0 Å². The van der Waals surface area contributed by atoms with Gasteiger partial charge in [-0.3, -0.25) is 9.59 Å². The molecule has 0 aromatic heterocycles. The topological polar surface area (TPSA) is 84.2 Å². The van der Waals surface area contributed by atoms with E-state index in [9.17, 15) is 9.59 Å². The predicted molar refractivity (Wildman–Crippen MR) is 70.9 cm³/mol. The maximum absolute atomic E-state index is 11.5. The van der Waals surface area contributed by atoms with Crippen LogP contribution in [0.25, 0.3) is 0 Å². The Labute approximate surface area is 109 Å². The number of nitrogens with two attached hydrogens (primary N) is 1. The van der Waals surface area contributed by atoms with Gasteiger partial charge in [0.2, 0.25) is 11.8 Å². The van der Waals surface area contributed by atoms with Crippen LogP contribution < -0.4 is 16.4 Å². The molecule has 0 radical (unpaired) electrons. The molecule has 5 heteroatoms. The Hall–Kier alpha value is -1.10. The lowest BCUT2D eigenvalue weighted by atomic mass is 9.85. The van der Waals surface area contributed by atoms with Gasteiger partial charge < -0.3 is 16.4 Å². The van der Waals surface area contributed by atoms with Crippen LogP contribution in [-0.4, -0.2) is 30.9 Å². The first-order valence-corrected chi connectivity index (χ1v) is 6.93. The highest BCUT2D eigenvalue weighted by atomic mass is 16.2. The van der Waals surface area contributed by atoms with Crippen LogP contribution in [0.1, 0.15) is 45.4 Å². The Morgan fingerprint density at radius 1 is 1.22 bits per heavy atom. The van der Waals surface area contributed by atoms with E-state index in [0.29, 0.717) is 12.6 Å². The lowest BCUT2D eigenvalue weighted by Gasteiger charge is -2.27. The van der Waals surface area contributed by atoms with E-state index in [-0.39, 0.29) is 17.7 Å². The maximum atomic E-state index is 11.5. The molecule has 1 rings (SSSR count). The summed E-state index contributed by atoms with van der Waals surface area (Å²) >= 11 is 0. The van der Waals surface area contributed by atoms with Gasteiger partial charge in [0, 0.05) is 18.5 Å². The number of unbranched alkanes of at least 4 members (excludes halogenated alkanes) is 1. The minimum Gasteiger partial charge on any atom is -0.369 e. The number of carbonyl (C=O) groups excluding carboxylic acids is 2. The molecule has 0 bridgehead atoms. The van der Waals surface area contributed by atoms with Crippen molar-refractivity contribution in [2.75, 3.05) is 13.1 Å². The van der Waals surface area contributed by atoms with Gasteiger partial charge in [0.25, 0.3) is 0 Å². The van der Waals surface area contributed by atoms with Crippen molar-refractivity contribution >= 4 is 11.8 Å². The summed E-state index contributed by atoms with van der Waals surface area (Å²) in [4.78, 5) is 22.5. The number of amides is 2. The van der Waals surface area contributed by atoms with Crippen molar-refractivity contribution in [2.24, 2.45) is 11.7 Å². The molecule has 1 saturated carbocycles. The second kappa shape index (κ2) is 8.08. The fourth-order valence-corrected chi connectivity index (χ4v) is 2.29. The third-order valence-electron chi connectivity index (χ3n) is 3.53. The monoisotopic (exact) mass is 255 g/mol. The largest absolute Gasteiger partial charge is 0.369 e. The molecule has 5 nitrogen and oxygen atoms in total. The Balaban J connectivity index is 2.10. The van der Waals surface area contributed by atoms with Crippen molar-refractivity contribution < 1.29 is 9.59 Å². The van der Waals surface area contributed by atoms with Crippen LogP contribution in [0.3, 0.4) is 0 Å². The van der Waals surface area contributed by atoms with E-state index in [0.717, 1.165) is 45.1 Å². The molecule has 2 amide bonds. The zero-order valence-corrected chi connectivity index (χ0v) is 11.2. The first kappa shape index (κ1) is 15.0. The lowest BCUT2D eigenvalue weighted by Crippen LogP contribution is -2.42. The van der Waals surface area contributed by atoms with Crippen molar-refractivity contribution in [3.05, 3.63) is 0 Å². The summed E-state index contributed by atoms with van der Waals surface area (Å²) in [5.41, 5.74) is 5.28. The summed E-state index contributed by atoms with van der Waals surface area (Å²) in [5, 5.41) is 6.12. The highest BCUT2D eigenvalue weighted by molar-refractivity contribution is 5.78. The van der Waals surface area contributed by atoms with Crippen LogP contribution in [0.5, 0.6) is 0 Å². The Kier molecular flexibility index (Phi) is 6.72. The number of hydrogen-bond donors (Lipinski definition) is 3. The van der Waals surface area contributed by atoms with E-state index < -0.39 is 0 Å². The Morgan fingerprint density at radius 2 is 1.89 bits per heavy atom. The predicted octanol–water partition coefficient (Wildman–Crippen LogP) is 0.536. The Morgan fingerprint density at radius 3 is 2.44 bits per heavy atom. The molecule has 0 aromatic carbocycles. The minimum absolute atomic E-state index is 0.0291. The molecule has 0 saturated heterocycles. The van der Waals surface area contributed by atoms with E-state index in [4.69, 9.17) is 5.73 Å². The first-order valence-electron chi connectivity index (χ1n) is 6.93. The highest BCUT2D eigenvalue weighted by Crippen LogP contribution is 2.23. The molecular formula is C13H25N3O2. The fourth-order valence-electron chi connectivity index (χ4n) is 2.29. The number of hydrogen-bond acceptors (Lipinski definition) is 3. The van der Waals surface area contributed by atoms with Gasteiger partial charge in [-0.2, -0.15) is 0 Å². The number of nitrogens with one attached hydrogen (secondary N) is 2. The highest BCUT2D eigenvalue weighted by Gasteiger charge is 2.24. The van der Waals surface area contributed by atoms with Crippen LogP contribution in [0.4, 0.5) is 0 Å². The van der Waals surface area contributed by atoms with E-state index in [1.165, 1.54) is 0 Å².